The van der Waals surface area contributed by atoms with Crippen molar-refractivity contribution in [2.75, 3.05) is 26.9 Å². The Balaban J connectivity index is 2.34. The van der Waals surface area contributed by atoms with Crippen molar-refractivity contribution in [3.8, 4) is 0 Å². The molecule has 0 saturated carbocycles. The summed E-state index contributed by atoms with van der Waals surface area (Å²) in [6.45, 7) is 1.86. The zero-order valence-electron chi connectivity index (χ0n) is 13.1. The third-order valence-electron chi connectivity index (χ3n) is 3.79. The van der Waals surface area contributed by atoms with Crippen LogP contribution in [0.25, 0.3) is 0 Å². The van der Waals surface area contributed by atoms with Crippen LogP contribution in [-0.4, -0.2) is 65.0 Å². The predicted octanol–water partition coefficient (Wildman–Crippen LogP) is -1.62. The first kappa shape index (κ1) is 17.8. The minimum Gasteiger partial charge on any atom is -0.394 e. The summed E-state index contributed by atoms with van der Waals surface area (Å²) < 4.78 is 17.2. The summed E-state index contributed by atoms with van der Waals surface area (Å²) in [5.74, 6) is 0. The second kappa shape index (κ2) is 7.84. The maximum atomic E-state index is 12.1. The lowest BCUT2D eigenvalue weighted by Gasteiger charge is -2.22. The number of aliphatic hydroxyl groups excluding tert-OH is 2. The topological polar surface area (TPSA) is 123 Å². The lowest BCUT2D eigenvalue weighted by atomic mass is 10.1. The summed E-state index contributed by atoms with van der Waals surface area (Å²) >= 11 is 0. The molecular formula is C14H22N2O7. The molecule has 0 aromatic carbocycles. The molecule has 0 amide bonds. The first-order valence-corrected chi connectivity index (χ1v) is 7.42. The van der Waals surface area contributed by atoms with Crippen molar-refractivity contribution in [3.05, 3.63) is 32.6 Å². The molecule has 0 unspecified atom stereocenters. The number of hydrogen-bond donors (Lipinski definition) is 3. The normalized spacial score (nSPS) is 27.5. The van der Waals surface area contributed by atoms with Gasteiger partial charge in [-0.05, 0) is 6.42 Å². The van der Waals surface area contributed by atoms with Crippen molar-refractivity contribution >= 4 is 0 Å². The molecule has 2 rings (SSSR count). The Labute approximate surface area is 132 Å². The second-order valence-corrected chi connectivity index (χ2v) is 5.24. The molecule has 130 valence electrons. The number of methoxy groups -OCH3 is 1. The Morgan fingerprint density at radius 2 is 2.13 bits per heavy atom. The van der Waals surface area contributed by atoms with E-state index in [2.05, 4.69) is 4.98 Å². The van der Waals surface area contributed by atoms with Crippen LogP contribution in [0.4, 0.5) is 0 Å². The standard InChI is InChI=1S/C14H22N2O7/c1-3-8-6-16(14(20)15-12(8)19)13-11(22-5-4-21-2)10(18)9(7-17)23-13/h6,9-11,13,17-18H,3-5,7H2,1-2H3,(H,15,19,20)/t9-,10-,11-,13-/m1/s1. The molecule has 1 aromatic rings. The van der Waals surface area contributed by atoms with Crippen LogP contribution in [0.2, 0.25) is 0 Å². The number of hydrogen-bond acceptors (Lipinski definition) is 7. The van der Waals surface area contributed by atoms with Crippen LogP contribution in [0.3, 0.4) is 0 Å². The Kier molecular flexibility index (Phi) is 6.08. The number of aliphatic hydroxyl groups is 2. The highest BCUT2D eigenvalue weighted by Gasteiger charge is 2.45. The van der Waals surface area contributed by atoms with Crippen LogP contribution in [0.1, 0.15) is 18.7 Å². The van der Waals surface area contributed by atoms with Gasteiger partial charge in [-0.25, -0.2) is 4.79 Å². The van der Waals surface area contributed by atoms with Gasteiger partial charge in [-0.3, -0.25) is 14.3 Å². The molecule has 1 aliphatic heterocycles. The minimum absolute atomic E-state index is 0.189. The van der Waals surface area contributed by atoms with Gasteiger partial charge >= 0.3 is 5.69 Å². The molecule has 0 bridgehead atoms. The average molecular weight is 330 g/mol. The summed E-state index contributed by atoms with van der Waals surface area (Å²) in [6, 6.07) is 0. The molecule has 4 atom stereocenters. The molecular weight excluding hydrogens is 308 g/mol. The van der Waals surface area contributed by atoms with Gasteiger partial charge in [-0.1, -0.05) is 6.92 Å². The molecule has 9 heteroatoms. The van der Waals surface area contributed by atoms with Gasteiger partial charge < -0.3 is 24.4 Å². The van der Waals surface area contributed by atoms with Gasteiger partial charge in [0.05, 0.1) is 19.8 Å². The zero-order valence-corrected chi connectivity index (χ0v) is 13.1. The van der Waals surface area contributed by atoms with Gasteiger partial charge in [0.2, 0.25) is 0 Å². The Hall–Kier alpha value is -1.52. The number of rotatable bonds is 7. The van der Waals surface area contributed by atoms with E-state index in [4.69, 9.17) is 14.2 Å². The third-order valence-corrected chi connectivity index (χ3v) is 3.79. The number of aromatic amines is 1. The first-order valence-electron chi connectivity index (χ1n) is 7.42. The maximum Gasteiger partial charge on any atom is 0.330 e. The van der Waals surface area contributed by atoms with E-state index in [9.17, 15) is 19.8 Å². The van der Waals surface area contributed by atoms with Crippen molar-refractivity contribution in [1.29, 1.82) is 0 Å². The van der Waals surface area contributed by atoms with E-state index in [1.165, 1.54) is 17.9 Å². The summed E-state index contributed by atoms with van der Waals surface area (Å²) in [7, 11) is 1.51. The van der Waals surface area contributed by atoms with Crippen molar-refractivity contribution in [3.63, 3.8) is 0 Å². The van der Waals surface area contributed by atoms with E-state index in [0.29, 0.717) is 18.6 Å². The van der Waals surface area contributed by atoms with Gasteiger partial charge in [-0.2, -0.15) is 0 Å². The fourth-order valence-corrected chi connectivity index (χ4v) is 2.51. The molecule has 23 heavy (non-hydrogen) atoms. The highest BCUT2D eigenvalue weighted by atomic mass is 16.6. The largest absolute Gasteiger partial charge is 0.394 e. The van der Waals surface area contributed by atoms with Crippen molar-refractivity contribution in [1.82, 2.24) is 9.55 Å². The number of ether oxygens (including phenoxy) is 3. The molecule has 9 nitrogen and oxygen atoms in total. The SMILES string of the molecule is CCc1cn([C@@H]2O[C@H](CO)[C@@H](O)[C@H]2OCCOC)c(=O)[nH]c1=O. The number of nitrogens with zero attached hydrogens (tertiary/aromatic N) is 1. The maximum absolute atomic E-state index is 12.1. The molecule has 1 saturated heterocycles. The van der Waals surface area contributed by atoms with Crippen LogP contribution in [0.5, 0.6) is 0 Å². The number of aromatic nitrogens is 2. The van der Waals surface area contributed by atoms with Gasteiger partial charge in [-0.15, -0.1) is 0 Å². The van der Waals surface area contributed by atoms with Gasteiger partial charge in [0.25, 0.3) is 5.56 Å². The summed E-state index contributed by atoms with van der Waals surface area (Å²) in [5, 5.41) is 19.5. The lowest BCUT2D eigenvalue weighted by molar-refractivity contribution is -0.0820. The molecule has 0 aliphatic carbocycles. The smallest absolute Gasteiger partial charge is 0.330 e. The Morgan fingerprint density at radius 3 is 2.74 bits per heavy atom. The van der Waals surface area contributed by atoms with E-state index in [-0.39, 0.29) is 6.61 Å². The fourth-order valence-electron chi connectivity index (χ4n) is 2.51. The van der Waals surface area contributed by atoms with E-state index in [0.717, 1.165) is 0 Å². The predicted molar refractivity (Wildman–Crippen MR) is 79.3 cm³/mol. The molecule has 2 heterocycles. The van der Waals surface area contributed by atoms with E-state index >= 15 is 0 Å². The molecule has 1 fully saturated rings. The third kappa shape index (κ3) is 3.70. The van der Waals surface area contributed by atoms with Gasteiger partial charge in [0.1, 0.15) is 18.3 Å². The number of aryl methyl sites for hydroxylation is 1. The molecule has 3 N–H and O–H groups in total. The summed E-state index contributed by atoms with van der Waals surface area (Å²) in [5.41, 5.74) is -0.711. The highest BCUT2D eigenvalue weighted by molar-refractivity contribution is 5.05. The molecule has 0 spiro atoms. The molecule has 1 aliphatic rings. The van der Waals surface area contributed by atoms with Crippen LogP contribution < -0.4 is 11.2 Å². The zero-order chi connectivity index (χ0) is 17.0. The average Bonchev–Trinajstić information content (AvgIpc) is 2.84. The van der Waals surface area contributed by atoms with E-state index in [1.807, 2.05) is 0 Å². The minimum atomic E-state index is -1.11. The molecule has 0 radical (unpaired) electrons. The quantitative estimate of drug-likeness (QED) is 0.514. The van der Waals surface area contributed by atoms with Crippen LogP contribution in [-0.2, 0) is 20.6 Å². The van der Waals surface area contributed by atoms with Crippen LogP contribution >= 0.6 is 0 Å². The van der Waals surface area contributed by atoms with Crippen molar-refractivity contribution in [2.45, 2.75) is 37.9 Å². The molecule has 1 aromatic heterocycles. The van der Waals surface area contributed by atoms with Crippen molar-refractivity contribution < 1.29 is 24.4 Å². The van der Waals surface area contributed by atoms with Gasteiger partial charge in [0, 0.05) is 18.9 Å². The van der Waals surface area contributed by atoms with Crippen molar-refractivity contribution in [2.24, 2.45) is 0 Å². The number of H-pyrrole nitrogens is 1. The number of nitrogens with one attached hydrogen (secondary N) is 1. The fraction of sp³-hybridized carbons (Fsp3) is 0.714. The first-order chi connectivity index (χ1) is 11.0. The second-order valence-electron chi connectivity index (χ2n) is 5.24. The van der Waals surface area contributed by atoms with E-state index < -0.39 is 42.4 Å². The van der Waals surface area contributed by atoms with Crippen LogP contribution in [0, 0.1) is 0 Å². The van der Waals surface area contributed by atoms with Crippen LogP contribution in [0.15, 0.2) is 15.8 Å². The highest BCUT2D eigenvalue weighted by Crippen LogP contribution is 2.30. The Bertz CT molecular complexity index is 626. The monoisotopic (exact) mass is 330 g/mol. The summed E-state index contributed by atoms with van der Waals surface area (Å²) in [6.07, 6.45) is -1.97. The van der Waals surface area contributed by atoms with Gasteiger partial charge in [0.15, 0.2) is 6.23 Å². The Morgan fingerprint density at radius 1 is 1.39 bits per heavy atom. The lowest BCUT2D eigenvalue weighted by Crippen LogP contribution is -2.40. The summed E-state index contributed by atoms with van der Waals surface area (Å²) in [4.78, 5) is 26.0. The van der Waals surface area contributed by atoms with E-state index in [1.54, 1.807) is 6.92 Å².